The largest absolute Gasteiger partial charge is 0.508 e. The van der Waals surface area contributed by atoms with Crippen LogP contribution in [-0.4, -0.2) is 27.1 Å². The fourth-order valence-corrected chi connectivity index (χ4v) is 2.62. The second-order valence-electron chi connectivity index (χ2n) is 4.81. The van der Waals surface area contributed by atoms with Gasteiger partial charge in [0.15, 0.2) is 0 Å². The van der Waals surface area contributed by atoms with E-state index in [9.17, 15) is 15.0 Å². The Bertz CT molecular complexity index is 593. The summed E-state index contributed by atoms with van der Waals surface area (Å²) >= 11 is 1.59. The molecule has 0 aliphatic rings. The molecule has 1 aromatic heterocycles. The van der Waals surface area contributed by atoms with Crippen molar-refractivity contribution in [3.05, 3.63) is 46.2 Å². The molecule has 0 spiro atoms. The molecule has 1 aromatic carbocycles. The van der Waals surface area contributed by atoms with Gasteiger partial charge in [-0.25, -0.2) is 0 Å². The Morgan fingerprint density at radius 3 is 2.60 bits per heavy atom. The number of amides is 1. The monoisotopic (exact) mass is 291 g/mol. The molecular weight excluding hydrogens is 274 g/mol. The van der Waals surface area contributed by atoms with Crippen molar-refractivity contribution >= 4 is 17.2 Å². The van der Waals surface area contributed by atoms with E-state index < -0.39 is 0 Å². The van der Waals surface area contributed by atoms with Gasteiger partial charge in [0.25, 0.3) is 5.91 Å². The van der Waals surface area contributed by atoms with Gasteiger partial charge in [0, 0.05) is 17.0 Å². The van der Waals surface area contributed by atoms with Gasteiger partial charge in [0.1, 0.15) is 11.5 Å². The van der Waals surface area contributed by atoms with E-state index in [0.29, 0.717) is 6.54 Å². The van der Waals surface area contributed by atoms with Gasteiger partial charge in [-0.2, -0.15) is 0 Å². The first-order valence-electron chi connectivity index (χ1n) is 6.34. The molecule has 0 radical (unpaired) electrons. The average Bonchev–Trinajstić information content (AvgIpc) is 2.87. The number of carbonyl (C=O) groups is 1. The Kier molecular flexibility index (Phi) is 4.29. The Hall–Kier alpha value is -2.01. The molecule has 0 aliphatic heterocycles. The summed E-state index contributed by atoms with van der Waals surface area (Å²) in [6.45, 7) is 4.38. The highest BCUT2D eigenvalue weighted by atomic mass is 32.1. The number of phenolic OH excluding ortho intramolecular Hbond substituents is 2. The Balaban J connectivity index is 2.27. The molecule has 1 amide bonds. The fourth-order valence-electron chi connectivity index (χ4n) is 1.91. The molecule has 0 atom stereocenters. The normalized spacial score (nSPS) is 10.8. The summed E-state index contributed by atoms with van der Waals surface area (Å²) in [4.78, 5) is 15.3. The van der Waals surface area contributed by atoms with Crippen molar-refractivity contribution in [2.24, 2.45) is 0 Å². The lowest BCUT2D eigenvalue weighted by molar-refractivity contribution is 0.0689. The van der Waals surface area contributed by atoms with E-state index in [1.807, 2.05) is 31.4 Å². The topological polar surface area (TPSA) is 60.8 Å². The number of carbonyl (C=O) groups excluding carboxylic acids is 1. The quantitative estimate of drug-likeness (QED) is 0.909. The Morgan fingerprint density at radius 1 is 1.30 bits per heavy atom. The second-order valence-corrected chi connectivity index (χ2v) is 5.84. The van der Waals surface area contributed by atoms with Crippen LogP contribution < -0.4 is 0 Å². The molecule has 0 fully saturated rings. The maximum absolute atomic E-state index is 12.5. The maximum atomic E-state index is 12.5. The van der Waals surface area contributed by atoms with E-state index in [1.54, 1.807) is 16.2 Å². The van der Waals surface area contributed by atoms with Crippen LogP contribution in [-0.2, 0) is 6.54 Å². The molecule has 0 saturated heterocycles. The van der Waals surface area contributed by atoms with Crippen LogP contribution >= 0.6 is 11.3 Å². The average molecular weight is 291 g/mol. The van der Waals surface area contributed by atoms with Gasteiger partial charge in [-0.1, -0.05) is 6.07 Å². The van der Waals surface area contributed by atoms with Crippen LogP contribution in [0.5, 0.6) is 11.5 Å². The molecule has 1 heterocycles. The molecule has 2 aromatic rings. The number of aromatic hydroxyl groups is 2. The van der Waals surface area contributed by atoms with Crippen molar-refractivity contribution < 1.29 is 15.0 Å². The van der Waals surface area contributed by atoms with Crippen LogP contribution in [0.3, 0.4) is 0 Å². The number of phenols is 2. The van der Waals surface area contributed by atoms with Crippen molar-refractivity contribution in [1.82, 2.24) is 4.90 Å². The summed E-state index contributed by atoms with van der Waals surface area (Å²) in [6, 6.07) is 7.95. The van der Waals surface area contributed by atoms with Gasteiger partial charge in [0.05, 0.1) is 12.1 Å². The zero-order valence-corrected chi connectivity index (χ0v) is 12.2. The number of hydrogen-bond donors (Lipinski definition) is 2. The van der Waals surface area contributed by atoms with Gasteiger partial charge >= 0.3 is 0 Å². The van der Waals surface area contributed by atoms with E-state index in [-0.39, 0.29) is 29.0 Å². The van der Waals surface area contributed by atoms with Crippen LogP contribution in [0.25, 0.3) is 0 Å². The summed E-state index contributed by atoms with van der Waals surface area (Å²) in [5.41, 5.74) is 0.202. The maximum Gasteiger partial charge on any atom is 0.258 e. The molecule has 0 bridgehead atoms. The highest BCUT2D eigenvalue weighted by Crippen LogP contribution is 2.25. The number of nitrogens with zero attached hydrogens (tertiary/aromatic N) is 1. The fraction of sp³-hybridized carbons (Fsp3) is 0.267. The summed E-state index contributed by atoms with van der Waals surface area (Å²) in [5.74, 6) is -0.508. The molecule has 106 valence electrons. The van der Waals surface area contributed by atoms with E-state index in [4.69, 9.17) is 0 Å². The Labute approximate surface area is 121 Å². The molecule has 0 saturated carbocycles. The summed E-state index contributed by atoms with van der Waals surface area (Å²) < 4.78 is 0. The van der Waals surface area contributed by atoms with Gasteiger partial charge in [-0.05, 0) is 37.4 Å². The van der Waals surface area contributed by atoms with Crippen LogP contribution in [0.1, 0.15) is 29.1 Å². The van der Waals surface area contributed by atoms with Crippen LogP contribution in [0.2, 0.25) is 0 Å². The van der Waals surface area contributed by atoms with Crippen LogP contribution in [0.4, 0.5) is 0 Å². The number of thiophene rings is 1. The first kappa shape index (κ1) is 14.4. The molecule has 0 unspecified atom stereocenters. The highest BCUT2D eigenvalue weighted by molar-refractivity contribution is 7.09. The van der Waals surface area contributed by atoms with E-state index >= 15 is 0 Å². The summed E-state index contributed by atoms with van der Waals surface area (Å²) in [7, 11) is 0. The molecule has 2 N–H and O–H groups in total. The third-order valence-corrected chi connectivity index (χ3v) is 3.86. The van der Waals surface area contributed by atoms with Crippen molar-refractivity contribution in [2.45, 2.75) is 26.4 Å². The zero-order chi connectivity index (χ0) is 14.7. The van der Waals surface area contributed by atoms with Crippen molar-refractivity contribution in [3.8, 4) is 11.5 Å². The zero-order valence-electron chi connectivity index (χ0n) is 11.4. The highest BCUT2D eigenvalue weighted by Gasteiger charge is 2.22. The lowest BCUT2D eigenvalue weighted by atomic mass is 10.1. The third-order valence-electron chi connectivity index (χ3n) is 3.00. The molecule has 20 heavy (non-hydrogen) atoms. The van der Waals surface area contributed by atoms with Crippen molar-refractivity contribution in [2.75, 3.05) is 0 Å². The predicted molar refractivity (Wildman–Crippen MR) is 79.1 cm³/mol. The molecular formula is C15H17NO3S. The van der Waals surface area contributed by atoms with E-state index in [0.717, 1.165) is 4.88 Å². The second kappa shape index (κ2) is 5.96. The third kappa shape index (κ3) is 3.11. The van der Waals surface area contributed by atoms with Gasteiger partial charge < -0.3 is 15.1 Å². The first-order chi connectivity index (χ1) is 9.49. The van der Waals surface area contributed by atoms with Gasteiger partial charge in [0.2, 0.25) is 0 Å². The molecule has 2 rings (SSSR count). The van der Waals surface area contributed by atoms with Crippen molar-refractivity contribution in [3.63, 3.8) is 0 Å². The lowest BCUT2D eigenvalue weighted by Crippen LogP contribution is -2.36. The minimum Gasteiger partial charge on any atom is -0.508 e. The number of rotatable bonds is 4. The molecule has 5 heteroatoms. The SMILES string of the molecule is CC(C)N(Cc1cccs1)C(=O)c1ccc(O)cc1O. The van der Waals surface area contributed by atoms with Crippen LogP contribution in [0.15, 0.2) is 35.7 Å². The van der Waals surface area contributed by atoms with Gasteiger partial charge in [-0.3, -0.25) is 4.79 Å². The van der Waals surface area contributed by atoms with E-state index in [2.05, 4.69) is 0 Å². The van der Waals surface area contributed by atoms with Crippen molar-refractivity contribution in [1.29, 1.82) is 0 Å². The van der Waals surface area contributed by atoms with E-state index in [1.165, 1.54) is 18.2 Å². The minimum atomic E-state index is -0.245. The lowest BCUT2D eigenvalue weighted by Gasteiger charge is -2.26. The predicted octanol–water partition coefficient (Wildman–Crippen LogP) is 3.21. The Morgan fingerprint density at radius 2 is 2.05 bits per heavy atom. The molecule has 0 aliphatic carbocycles. The summed E-state index contributed by atoms with van der Waals surface area (Å²) in [5, 5.41) is 21.1. The minimum absolute atomic E-state index is 0.0119. The van der Waals surface area contributed by atoms with Crippen LogP contribution in [0, 0.1) is 0 Å². The number of benzene rings is 1. The standard InChI is InChI=1S/C15H17NO3S/c1-10(2)16(9-12-4-3-7-20-12)15(19)13-6-5-11(17)8-14(13)18/h3-8,10,17-18H,9H2,1-2H3. The summed E-state index contributed by atoms with van der Waals surface area (Å²) in [6.07, 6.45) is 0. The smallest absolute Gasteiger partial charge is 0.258 e. The van der Waals surface area contributed by atoms with Gasteiger partial charge in [-0.15, -0.1) is 11.3 Å². The number of hydrogen-bond acceptors (Lipinski definition) is 4. The first-order valence-corrected chi connectivity index (χ1v) is 7.22. The molecule has 4 nitrogen and oxygen atoms in total.